The second kappa shape index (κ2) is 11.3. The van der Waals surface area contributed by atoms with Crippen LogP contribution in [0.3, 0.4) is 0 Å². The fraction of sp³-hybridized carbons (Fsp3) is 0.265. The van der Waals surface area contributed by atoms with E-state index >= 15 is 0 Å². The Kier molecular flexibility index (Phi) is 7.08. The van der Waals surface area contributed by atoms with Gasteiger partial charge in [0.15, 0.2) is 11.6 Å². The smallest absolute Gasteiger partial charge is 0.261 e. The lowest BCUT2D eigenvalue weighted by Crippen LogP contribution is -2.23. The Morgan fingerprint density at radius 3 is 2.72 bits per heavy atom. The van der Waals surface area contributed by atoms with E-state index < -0.39 is 17.5 Å². The number of aryl methyl sites for hydroxylation is 1. The summed E-state index contributed by atoms with van der Waals surface area (Å²) in [7, 11) is 0. The van der Waals surface area contributed by atoms with Gasteiger partial charge in [-0.2, -0.15) is 0 Å². The van der Waals surface area contributed by atoms with Gasteiger partial charge in [0.2, 0.25) is 11.8 Å². The molecule has 1 fully saturated rings. The van der Waals surface area contributed by atoms with Crippen molar-refractivity contribution in [2.24, 2.45) is 0 Å². The van der Waals surface area contributed by atoms with Gasteiger partial charge in [0.05, 0.1) is 40.0 Å². The molecule has 8 rings (SSSR count). The van der Waals surface area contributed by atoms with Gasteiger partial charge in [0, 0.05) is 54.4 Å². The van der Waals surface area contributed by atoms with Crippen molar-refractivity contribution in [2.75, 3.05) is 13.2 Å². The Morgan fingerprint density at radius 2 is 1.91 bits per heavy atom. The number of halogens is 3. The van der Waals surface area contributed by atoms with Crippen molar-refractivity contribution < 1.29 is 31.9 Å². The summed E-state index contributed by atoms with van der Waals surface area (Å²) in [5, 5.41) is 11.2. The minimum atomic E-state index is -0.994. The topological polar surface area (TPSA) is 110 Å². The second-order valence-corrected chi connectivity index (χ2v) is 12.9. The van der Waals surface area contributed by atoms with Crippen molar-refractivity contribution in [1.82, 2.24) is 25.4 Å². The minimum absolute atomic E-state index is 0.00542. The van der Waals surface area contributed by atoms with E-state index in [-0.39, 0.29) is 36.1 Å². The Hall–Kier alpha value is -5.04. The molecule has 2 amide bonds. The number of carbonyl (C=O) groups excluding carboxylic acids is 2. The highest BCUT2D eigenvalue weighted by molar-refractivity contribution is 7.17. The molecule has 9 nitrogen and oxygen atoms in total. The maximum absolute atomic E-state index is 14.0. The molecule has 0 bridgehead atoms. The number of carbonyl (C=O) groups is 2. The van der Waals surface area contributed by atoms with E-state index in [2.05, 4.69) is 15.5 Å². The highest BCUT2D eigenvalue weighted by atomic mass is 32.1. The average Bonchev–Trinajstić information content (AvgIpc) is 3.89. The first kappa shape index (κ1) is 29.4. The molecule has 3 aliphatic rings. The van der Waals surface area contributed by atoms with Crippen LogP contribution in [-0.4, -0.2) is 45.0 Å². The Labute approximate surface area is 270 Å². The van der Waals surface area contributed by atoms with Gasteiger partial charge in [0.1, 0.15) is 11.6 Å². The zero-order valence-electron chi connectivity index (χ0n) is 25.0. The van der Waals surface area contributed by atoms with Gasteiger partial charge in [0.25, 0.3) is 11.8 Å². The molecule has 0 radical (unpaired) electrons. The van der Waals surface area contributed by atoms with E-state index in [1.165, 1.54) is 29.5 Å². The molecule has 13 heteroatoms. The largest absolute Gasteiger partial charge is 0.493 e. The molecule has 3 aliphatic heterocycles. The standard InChI is InChI=1S/C34H26F3N5O4S/c1-16-40-41-33(46-16)28-23(12-18-15-45-25-13-19(35)5-6-20(18)25)39-31-24-3-2-10-42(24)34(44)30(31)29(28)26-8-9-27(47-26)32(43)38-14-17-4-7-21(36)22(37)11-17/h4-9,11,13,18,24H,2-3,10,12,14-15H2,1H3,(H,38,43). The van der Waals surface area contributed by atoms with Crippen LogP contribution >= 0.6 is 11.3 Å². The zero-order chi connectivity index (χ0) is 32.4. The van der Waals surface area contributed by atoms with Crippen LogP contribution in [0.5, 0.6) is 5.75 Å². The second-order valence-electron chi connectivity index (χ2n) is 11.8. The number of aromatic nitrogens is 3. The fourth-order valence-electron chi connectivity index (χ4n) is 6.74. The third kappa shape index (κ3) is 5.05. The van der Waals surface area contributed by atoms with E-state index in [0.29, 0.717) is 74.6 Å². The summed E-state index contributed by atoms with van der Waals surface area (Å²) in [6.07, 6.45) is 2.04. The first-order valence-corrected chi connectivity index (χ1v) is 16.0. The monoisotopic (exact) mass is 657 g/mol. The van der Waals surface area contributed by atoms with Crippen molar-refractivity contribution in [3.05, 3.63) is 105 Å². The summed E-state index contributed by atoms with van der Waals surface area (Å²) >= 11 is 1.19. The molecule has 47 heavy (non-hydrogen) atoms. The third-order valence-corrected chi connectivity index (χ3v) is 9.99. The van der Waals surface area contributed by atoms with Crippen molar-refractivity contribution in [3.63, 3.8) is 0 Å². The molecule has 1 N–H and O–H groups in total. The highest BCUT2D eigenvalue weighted by Crippen LogP contribution is 2.50. The maximum Gasteiger partial charge on any atom is 0.261 e. The number of thiophene rings is 1. The number of nitrogens with one attached hydrogen (secondary N) is 1. The lowest BCUT2D eigenvalue weighted by atomic mass is 9.89. The van der Waals surface area contributed by atoms with E-state index in [1.807, 2.05) is 4.90 Å². The number of rotatable bonds is 7. The molecule has 2 atom stereocenters. The predicted molar refractivity (Wildman–Crippen MR) is 164 cm³/mol. The highest BCUT2D eigenvalue weighted by Gasteiger charge is 2.45. The summed E-state index contributed by atoms with van der Waals surface area (Å²) in [4.78, 5) is 35.2. The van der Waals surface area contributed by atoms with E-state index in [1.54, 1.807) is 25.1 Å². The number of hydrogen-bond acceptors (Lipinski definition) is 8. The fourth-order valence-corrected chi connectivity index (χ4v) is 7.72. The van der Waals surface area contributed by atoms with Crippen LogP contribution in [0.1, 0.15) is 73.2 Å². The number of amides is 2. The van der Waals surface area contributed by atoms with Gasteiger partial charge in [-0.15, -0.1) is 21.5 Å². The molecule has 2 aromatic carbocycles. The van der Waals surface area contributed by atoms with Crippen LogP contribution in [0.4, 0.5) is 13.2 Å². The Morgan fingerprint density at radius 1 is 1.04 bits per heavy atom. The van der Waals surface area contributed by atoms with Crippen LogP contribution in [0.25, 0.3) is 21.9 Å². The average molecular weight is 658 g/mol. The number of pyridine rings is 1. The molecule has 2 unspecified atom stereocenters. The van der Waals surface area contributed by atoms with Gasteiger partial charge < -0.3 is 19.4 Å². The molecule has 0 aliphatic carbocycles. The molecule has 6 heterocycles. The van der Waals surface area contributed by atoms with Gasteiger partial charge in [-0.25, -0.2) is 13.2 Å². The number of nitrogens with zero attached hydrogens (tertiary/aromatic N) is 4. The molecule has 3 aromatic heterocycles. The normalized spacial score (nSPS) is 17.9. The number of benzene rings is 2. The van der Waals surface area contributed by atoms with Crippen LogP contribution in [0, 0.1) is 24.4 Å². The molecule has 1 saturated heterocycles. The summed E-state index contributed by atoms with van der Waals surface area (Å²) in [5.74, 6) is -2.03. The summed E-state index contributed by atoms with van der Waals surface area (Å²) in [6.45, 7) is 2.61. The summed E-state index contributed by atoms with van der Waals surface area (Å²) < 4.78 is 52.9. The minimum Gasteiger partial charge on any atom is -0.493 e. The molecule has 5 aromatic rings. The van der Waals surface area contributed by atoms with Crippen molar-refractivity contribution in [1.29, 1.82) is 0 Å². The van der Waals surface area contributed by atoms with Gasteiger partial charge in [-0.3, -0.25) is 14.6 Å². The van der Waals surface area contributed by atoms with Crippen molar-refractivity contribution in [2.45, 2.75) is 44.7 Å². The van der Waals surface area contributed by atoms with Crippen LogP contribution < -0.4 is 10.1 Å². The number of fused-ring (bicyclic) bond motifs is 4. The zero-order valence-corrected chi connectivity index (χ0v) is 25.8. The maximum atomic E-state index is 14.0. The molecular formula is C34H26F3N5O4S. The van der Waals surface area contributed by atoms with Gasteiger partial charge in [-0.1, -0.05) is 12.1 Å². The SMILES string of the molecule is Cc1nnc(-c2c(CC3COc4cc(F)ccc43)nc3c(c2-c2ccc(C(=O)NCc4ccc(F)c(F)c4)s2)C(=O)N2CCCC32)o1. The van der Waals surface area contributed by atoms with Crippen molar-refractivity contribution in [3.8, 4) is 27.6 Å². The van der Waals surface area contributed by atoms with E-state index in [0.717, 1.165) is 30.5 Å². The third-order valence-electron chi connectivity index (χ3n) is 8.89. The summed E-state index contributed by atoms with van der Waals surface area (Å²) in [5.41, 5.74) is 4.09. The summed E-state index contributed by atoms with van der Waals surface area (Å²) in [6, 6.07) is 11.2. The van der Waals surface area contributed by atoms with E-state index in [9.17, 15) is 22.8 Å². The quantitative estimate of drug-likeness (QED) is 0.212. The molecule has 238 valence electrons. The van der Waals surface area contributed by atoms with E-state index in [4.69, 9.17) is 14.1 Å². The first-order valence-electron chi connectivity index (χ1n) is 15.2. The predicted octanol–water partition coefficient (Wildman–Crippen LogP) is 6.53. The number of hydrogen-bond donors (Lipinski definition) is 1. The molecule has 0 saturated carbocycles. The van der Waals surface area contributed by atoms with Gasteiger partial charge in [-0.05, 0) is 48.7 Å². The first-order chi connectivity index (χ1) is 22.7. The van der Waals surface area contributed by atoms with Gasteiger partial charge >= 0.3 is 0 Å². The lowest BCUT2D eigenvalue weighted by molar-refractivity contribution is 0.0776. The lowest BCUT2D eigenvalue weighted by Gasteiger charge is -2.18. The molecule has 0 spiro atoms. The van der Waals surface area contributed by atoms with Crippen LogP contribution in [0.2, 0.25) is 0 Å². The van der Waals surface area contributed by atoms with Crippen LogP contribution in [-0.2, 0) is 13.0 Å². The van der Waals surface area contributed by atoms with Crippen molar-refractivity contribution >= 4 is 23.2 Å². The molecular weight excluding hydrogens is 631 g/mol. The number of ether oxygens (including phenoxy) is 1. The van der Waals surface area contributed by atoms with Crippen LogP contribution in [0.15, 0.2) is 52.9 Å². The Bertz CT molecular complexity index is 2100. The Balaban J connectivity index is 1.23.